The highest BCUT2D eigenvalue weighted by atomic mass is 16.5. The van der Waals surface area contributed by atoms with Crippen LogP contribution in [0.3, 0.4) is 0 Å². The Morgan fingerprint density at radius 2 is 1.67 bits per heavy atom. The Morgan fingerprint density at radius 1 is 1.07 bits per heavy atom. The van der Waals surface area contributed by atoms with Gasteiger partial charge in [-0.1, -0.05) is 42.5 Å². The molecule has 0 saturated carbocycles. The summed E-state index contributed by atoms with van der Waals surface area (Å²) in [5.74, 6) is -3.48. The summed E-state index contributed by atoms with van der Waals surface area (Å²) in [4.78, 5) is 62.7. The van der Waals surface area contributed by atoms with E-state index in [1.165, 1.54) is 0 Å². The summed E-state index contributed by atoms with van der Waals surface area (Å²) >= 11 is 0. The van der Waals surface area contributed by atoms with Crippen LogP contribution in [0, 0.1) is 11.8 Å². The Bertz CT molecular complexity index is 856. The summed E-state index contributed by atoms with van der Waals surface area (Å²) in [6.45, 7) is 1.42. The number of hydrogen-bond donors (Lipinski definition) is 2. The molecular weight excluding hydrogens is 390 g/mol. The van der Waals surface area contributed by atoms with Crippen molar-refractivity contribution in [1.82, 2.24) is 15.5 Å². The Balaban J connectivity index is 1.70. The van der Waals surface area contributed by atoms with Crippen molar-refractivity contribution >= 4 is 29.7 Å². The van der Waals surface area contributed by atoms with E-state index in [1.54, 1.807) is 37.3 Å². The number of amides is 5. The molecule has 1 aliphatic carbocycles. The van der Waals surface area contributed by atoms with Crippen LogP contribution in [-0.2, 0) is 23.9 Å². The molecule has 0 unspecified atom stereocenters. The SMILES string of the molecule is CCNC(=O)NC(=O)[C@H](OC(=O)CN1C(=O)[C@H]2CC=CC[C@@H]2C1=O)c1ccccc1. The third-order valence-electron chi connectivity index (χ3n) is 5.05. The van der Waals surface area contributed by atoms with Gasteiger partial charge in [-0.2, -0.15) is 0 Å². The number of ether oxygens (including phenoxy) is 1. The summed E-state index contributed by atoms with van der Waals surface area (Å²) in [5.41, 5.74) is 0.351. The zero-order valence-corrected chi connectivity index (χ0v) is 16.5. The first-order valence-corrected chi connectivity index (χ1v) is 9.75. The quantitative estimate of drug-likeness (QED) is 0.409. The number of rotatable bonds is 6. The molecule has 9 nitrogen and oxygen atoms in total. The molecule has 0 bridgehead atoms. The van der Waals surface area contributed by atoms with Gasteiger partial charge in [-0.25, -0.2) is 4.79 Å². The molecular formula is C21H23N3O6. The van der Waals surface area contributed by atoms with E-state index < -0.39 is 54.2 Å². The lowest BCUT2D eigenvalue weighted by atomic mass is 9.85. The van der Waals surface area contributed by atoms with E-state index in [0.29, 0.717) is 24.9 Å². The number of hydrogen-bond acceptors (Lipinski definition) is 6. The Labute approximate surface area is 173 Å². The second-order valence-electron chi connectivity index (χ2n) is 7.05. The third kappa shape index (κ3) is 4.56. The van der Waals surface area contributed by atoms with Crippen LogP contribution >= 0.6 is 0 Å². The first kappa shape index (κ1) is 21.2. The van der Waals surface area contributed by atoms with Crippen molar-refractivity contribution in [2.45, 2.75) is 25.9 Å². The van der Waals surface area contributed by atoms with E-state index in [4.69, 9.17) is 4.74 Å². The highest BCUT2D eigenvalue weighted by Crippen LogP contribution is 2.35. The van der Waals surface area contributed by atoms with Crippen LogP contribution in [-0.4, -0.2) is 47.7 Å². The molecule has 158 valence electrons. The number of fused-ring (bicyclic) bond motifs is 1. The predicted octanol–water partition coefficient (Wildman–Crippen LogP) is 1.07. The fraction of sp³-hybridized carbons (Fsp3) is 0.381. The van der Waals surface area contributed by atoms with Crippen molar-refractivity contribution < 1.29 is 28.7 Å². The summed E-state index contributed by atoms with van der Waals surface area (Å²) in [5, 5.41) is 4.53. The second-order valence-corrected chi connectivity index (χ2v) is 7.05. The van der Waals surface area contributed by atoms with E-state index in [1.807, 2.05) is 12.2 Å². The number of likely N-dealkylation sites (tertiary alicyclic amines) is 1. The minimum absolute atomic E-state index is 0.311. The number of esters is 1. The Morgan fingerprint density at radius 3 is 2.23 bits per heavy atom. The fourth-order valence-electron chi connectivity index (χ4n) is 3.61. The minimum atomic E-state index is -1.40. The number of benzene rings is 1. The maximum Gasteiger partial charge on any atom is 0.327 e. The van der Waals surface area contributed by atoms with Crippen molar-refractivity contribution in [2.75, 3.05) is 13.1 Å². The molecule has 0 spiro atoms. The Kier molecular flexibility index (Phi) is 6.61. The van der Waals surface area contributed by atoms with E-state index in [9.17, 15) is 24.0 Å². The smallest absolute Gasteiger partial charge is 0.327 e. The van der Waals surface area contributed by atoms with Gasteiger partial charge in [-0.15, -0.1) is 0 Å². The summed E-state index contributed by atoms with van der Waals surface area (Å²) in [6, 6.07) is 7.45. The molecule has 5 amide bonds. The van der Waals surface area contributed by atoms with Gasteiger partial charge in [0.1, 0.15) is 6.54 Å². The highest BCUT2D eigenvalue weighted by Gasteiger charge is 2.48. The van der Waals surface area contributed by atoms with Crippen LogP contribution in [0.5, 0.6) is 0 Å². The fourth-order valence-corrected chi connectivity index (χ4v) is 3.61. The summed E-state index contributed by atoms with van der Waals surface area (Å²) in [7, 11) is 0. The molecule has 1 aromatic carbocycles. The topological polar surface area (TPSA) is 122 Å². The first-order valence-electron chi connectivity index (χ1n) is 9.75. The number of nitrogens with zero attached hydrogens (tertiary/aromatic N) is 1. The first-order chi connectivity index (χ1) is 14.4. The average Bonchev–Trinajstić information content (AvgIpc) is 2.98. The van der Waals surface area contributed by atoms with E-state index >= 15 is 0 Å². The zero-order valence-electron chi connectivity index (χ0n) is 16.5. The van der Waals surface area contributed by atoms with E-state index in [0.717, 1.165) is 4.90 Å². The maximum absolute atomic E-state index is 12.5. The molecule has 2 N–H and O–H groups in total. The second kappa shape index (κ2) is 9.34. The molecule has 0 aromatic heterocycles. The molecule has 2 aliphatic rings. The molecule has 1 aromatic rings. The van der Waals surface area contributed by atoms with Gasteiger partial charge in [0.05, 0.1) is 11.8 Å². The lowest BCUT2D eigenvalue weighted by Crippen LogP contribution is -2.43. The van der Waals surface area contributed by atoms with Crippen LogP contribution in [0.4, 0.5) is 4.79 Å². The van der Waals surface area contributed by atoms with Gasteiger partial charge in [0.15, 0.2) is 0 Å². The lowest BCUT2D eigenvalue weighted by molar-refractivity contribution is -0.160. The largest absolute Gasteiger partial charge is 0.446 e. The molecule has 30 heavy (non-hydrogen) atoms. The number of urea groups is 1. The van der Waals surface area contributed by atoms with Crippen LogP contribution < -0.4 is 10.6 Å². The van der Waals surface area contributed by atoms with Gasteiger partial charge >= 0.3 is 12.0 Å². The number of imide groups is 2. The number of carbonyl (C=O) groups excluding carboxylic acids is 5. The predicted molar refractivity (Wildman–Crippen MR) is 105 cm³/mol. The van der Waals surface area contributed by atoms with Crippen molar-refractivity contribution in [3.05, 3.63) is 48.0 Å². The van der Waals surface area contributed by atoms with Crippen LogP contribution in [0.25, 0.3) is 0 Å². The van der Waals surface area contributed by atoms with Crippen molar-refractivity contribution in [3.8, 4) is 0 Å². The summed E-state index contributed by atoms with van der Waals surface area (Å²) in [6.07, 6.45) is 3.22. The number of allylic oxidation sites excluding steroid dienone is 2. The third-order valence-corrected chi connectivity index (χ3v) is 5.05. The van der Waals surface area contributed by atoms with Crippen molar-refractivity contribution in [3.63, 3.8) is 0 Å². The van der Waals surface area contributed by atoms with Crippen LogP contribution in [0.2, 0.25) is 0 Å². The average molecular weight is 413 g/mol. The summed E-state index contributed by atoms with van der Waals surface area (Å²) < 4.78 is 5.30. The van der Waals surface area contributed by atoms with Gasteiger partial charge in [-0.3, -0.25) is 29.4 Å². The van der Waals surface area contributed by atoms with Gasteiger partial charge in [0.2, 0.25) is 17.9 Å². The van der Waals surface area contributed by atoms with Crippen LogP contribution in [0.1, 0.15) is 31.4 Å². The lowest BCUT2D eigenvalue weighted by Gasteiger charge is -2.20. The van der Waals surface area contributed by atoms with Crippen LogP contribution in [0.15, 0.2) is 42.5 Å². The van der Waals surface area contributed by atoms with Gasteiger partial charge < -0.3 is 10.1 Å². The normalized spacial score (nSPS) is 21.0. The van der Waals surface area contributed by atoms with Gasteiger partial charge in [0, 0.05) is 12.1 Å². The molecule has 1 aliphatic heterocycles. The molecule has 0 radical (unpaired) electrons. The molecule has 1 fully saturated rings. The van der Waals surface area contributed by atoms with E-state index in [2.05, 4.69) is 10.6 Å². The molecule has 9 heteroatoms. The highest BCUT2D eigenvalue weighted by molar-refractivity contribution is 6.07. The Hall–Kier alpha value is -3.49. The number of carbonyl (C=O) groups is 5. The molecule has 3 atom stereocenters. The molecule has 1 heterocycles. The molecule has 1 saturated heterocycles. The number of nitrogens with one attached hydrogen (secondary N) is 2. The van der Waals surface area contributed by atoms with Crippen molar-refractivity contribution in [2.24, 2.45) is 11.8 Å². The van der Waals surface area contributed by atoms with Gasteiger partial charge in [0.25, 0.3) is 5.91 Å². The minimum Gasteiger partial charge on any atom is -0.446 e. The van der Waals surface area contributed by atoms with E-state index in [-0.39, 0.29) is 0 Å². The van der Waals surface area contributed by atoms with Crippen molar-refractivity contribution in [1.29, 1.82) is 0 Å². The zero-order chi connectivity index (χ0) is 21.7. The van der Waals surface area contributed by atoms with Gasteiger partial charge in [-0.05, 0) is 19.8 Å². The maximum atomic E-state index is 12.5. The monoisotopic (exact) mass is 413 g/mol. The standard InChI is InChI=1S/C21H23N3O6/c1-2-22-21(29)23-18(26)17(13-8-4-3-5-9-13)30-16(25)12-24-19(27)14-10-6-7-11-15(14)20(24)28/h3-9,14-15,17H,2,10-12H2,1H3,(H2,22,23,26,29)/t14-,15-,17+/m0/s1. The molecule has 3 rings (SSSR count).